The average molecular weight is 883 g/mol. The summed E-state index contributed by atoms with van der Waals surface area (Å²) >= 11 is 0. The highest BCUT2D eigenvalue weighted by atomic mass is 16.3. The SMILES string of the molecule is Cc1ccc(N(c2ccc(C(C)(C)C)cc2)c2cc3c(c4oc5ccccc5c24)-c2ccc(N(c4ccc(C(C)(C)C)cc4)c4ccc(C)nc4)cc2C32c3ccccc3-c3ccccc32)nc1. The molecule has 68 heavy (non-hydrogen) atoms. The molecule has 5 heteroatoms. The molecule has 0 atom stereocenters. The quantitative estimate of drug-likeness (QED) is 0.166. The van der Waals surface area contributed by atoms with Crippen molar-refractivity contribution in [3.05, 3.63) is 227 Å². The Kier molecular flexibility index (Phi) is 9.27. The Hall–Kier alpha value is -7.76. The van der Waals surface area contributed by atoms with Crippen LogP contribution in [0, 0.1) is 13.8 Å². The number of fused-ring (bicyclic) bond motifs is 14. The standard InChI is InChI=1S/C63H54N4O/c1-39-21-34-57(65-37-39)67(44-30-25-42(26-31-44)62(6,7)8)55-36-54-58(60-59(55)50-17-11-14-20-56(50)68-60)49-33-32-45(35-53(49)63(54)51-18-12-9-15-47(51)48-16-10-13-19-52(48)63)66(46-27-22-40(2)64-38-46)43-28-23-41(24-29-43)61(3,4)5/h9-38H,1-8H3. The maximum atomic E-state index is 7.28. The third-order valence-corrected chi connectivity index (χ3v) is 14.4. The Morgan fingerprint density at radius 3 is 1.66 bits per heavy atom. The zero-order valence-corrected chi connectivity index (χ0v) is 40.0. The van der Waals surface area contributed by atoms with Gasteiger partial charge in [0.2, 0.25) is 0 Å². The van der Waals surface area contributed by atoms with Gasteiger partial charge >= 0.3 is 0 Å². The normalized spacial score (nSPS) is 13.4. The van der Waals surface area contributed by atoms with Crippen LogP contribution in [-0.4, -0.2) is 9.97 Å². The third-order valence-electron chi connectivity index (χ3n) is 14.4. The summed E-state index contributed by atoms with van der Waals surface area (Å²) < 4.78 is 7.28. The molecule has 0 aliphatic heterocycles. The molecule has 0 fully saturated rings. The lowest BCUT2D eigenvalue weighted by molar-refractivity contribution is 0.590. The van der Waals surface area contributed by atoms with Crippen molar-refractivity contribution in [1.29, 1.82) is 0 Å². The molecule has 0 amide bonds. The highest BCUT2D eigenvalue weighted by Crippen LogP contribution is 2.66. The first-order valence-corrected chi connectivity index (χ1v) is 23.8. The molecule has 0 saturated heterocycles. The van der Waals surface area contributed by atoms with Crippen molar-refractivity contribution in [2.24, 2.45) is 0 Å². The van der Waals surface area contributed by atoms with Gasteiger partial charge in [-0.15, -0.1) is 0 Å². The van der Waals surface area contributed by atoms with Gasteiger partial charge in [-0.2, -0.15) is 0 Å². The molecule has 2 aliphatic carbocycles. The Labute approximate surface area is 399 Å². The Balaban J connectivity index is 1.19. The summed E-state index contributed by atoms with van der Waals surface area (Å²) in [5.41, 5.74) is 20.5. The summed E-state index contributed by atoms with van der Waals surface area (Å²) in [6.45, 7) is 17.7. The van der Waals surface area contributed by atoms with Crippen LogP contribution in [-0.2, 0) is 16.2 Å². The molecule has 12 rings (SSSR count). The maximum absolute atomic E-state index is 7.28. The van der Waals surface area contributed by atoms with Gasteiger partial charge in [0.1, 0.15) is 17.0 Å². The Morgan fingerprint density at radius 1 is 0.471 bits per heavy atom. The van der Waals surface area contributed by atoms with E-state index < -0.39 is 5.41 Å². The molecule has 332 valence electrons. The summed E-state index contributed by atoms with van der Waals surface area (Å²) in [7, 11) is 0. The van der Waals surface area contributed by atoms with Gasteiger partial charge in [0.15, 0.2) is 0 Å². The molecule has 0 unspecified atom stereocenters. The fourth-order valence-electron chi connectivity index (χ4n) is 11.0. The lowest BCUT2D eigenvalue weighted by atomic mass is 9.70. The summed E-state index contributed by atoms with van der Waals surface area (Å²) in [6.07, 6.45) is 3.97. The molecular formula is C63H54N4O. The number of hydrogen-bond donors (Lipinski definition) is 0. The summed E-state index contributed by atoms with van der Waals surface area (Å²) in [5.74, 6) is 0.838. The van der Waals surface area contributed by atoms with Gasteiger partial charge in [0, 0.05) is 39.9 Å². The fourth-order valence-corrected chi connectivity index (χ4v) is 11.0. The minimum atomic E-state index is -0.703. The van der Waals surface area contributed by atoms with Crippen LogP contribution in [0.15, 0.2) is 187 Å². The van der Waals surface area contributed by atoms with E-state index in [0.29, 0.717) is 0 Å². The highest BCUT2D eigenvalue weighted by Gasteiger charge is 2.53. The molecule has 1 spiro atoms. The smallest absolute Gasteiger partial charge is 0.145 e. The van der Waals surface area contributed by atoms with Crippen LogP contribution >= 0.6 is 0 Å². The number of aryl methyl sites for hydroxylation is 2. The monoisotopic (exact) mass is 882 g/mol. The van der Waals surface area contributed by atoms with Crippen LogP contribution in [0.1, 0.15) is 86.2 Å². The van der Waals surface area contributed by atoms with Crippen LogP contribution in [0.3, 0.4) is 0 Å². The zero-order valence-electron chi connectivity index (χ0n) is 40.0. The first-order chi connectivity index (χ1) is 32.8. The molecule has 0 saturated carbocycles. The van der Waals surface area contributed by atoms with Crippen LogP contribution in [0.2, 0.25) is 0 Å². The minimum absolute atomic E-state index is 0.00520. The van der Waals surface area contributed by atoms with Crippen molar-refractivity contribution >= 4 is 56.2 Å². The summed E-state index contributed by atoms with van der Waals surface area (Å²) in [5, 5.41) is 2.12. The van der Waals surface area contributed by atoms with E-state index in [1.807, 2.05) is 19.3 Å². The van der Waals surface area contributed by atoms with Crippen molar-refractivity contribution in [2.75, 3.05) is 9.80 Å². The molecule has 0 bridgehead atoms. The van der Waals surface area contributed by atoms with Crippen molar-refractivity contribution in [2.45, 2.75) is 71.6 Å². The minimum Gasteiger partial charge on any atom is -0.455 e. The van der Waals surface area contributed by atoms with E-state index in [1.54, 1.807) is 0 Å². The van der Waals surface area contributed by atoms with Crippen LogP contribution in [0.25, 0.3) is 44.2 Å². The first kappa shape index (κ1) is 41.7. The summed E-state index contributed by atoms with van der Waals surface area (Å²) in [4.78, 5) is 14.7. The Morgan fingerprint density at radius 2 is 1.06 bits per heavy atom. The molecule has 10 aromatic rings. The van der Waals surface area contributed by atoms with Gasteiger partial charge in [0.25, 0.3) is 0 Å². The Bertz CT molecular complexity index is 3540. The lowest BCUT2D eigenvalue weighted by Gasteiger charge is -2.33. The predicted octanol–water partition coefficient (Wildman–Crippen LogP) is 16.9. The van der Waals surface area contributed by atoms with Crippen molar-refractivity contribution < 1.29 is 4.42 Å². The molecule has 0 radical (unpaired) electrons. The summed E-state index contributed by atoms with van der Waals surface area (Å²) in [6, 6.07) is 62.8. The van der Waals surface area contributed by atoms with Crippen molar-refractivity contribution in [3.63, 3.8) is 0 Å². The van der Waals surface area contributed by atoms with Gasteiger partial charge in [0.05, 0.1) is 28.4 Å². The molecule has 3 heterocycles. The van der Waals surface area contributed by atoms with E-state index >= 15 is 0 Å². The van der Waals surface area contributed by atoms with Crippen molar-refractivity contribution in [1.82, 2.24) is 9.97 Å². The number of nitrogens with zero attached hydrogens (tertiary/aromatic N) is 4. The number of benzene rings is 7. The second-order valence-electron chi connectivity index (χ2n) is 20.8. The van der Waals surface area contributed by atoms with E-state index in [0.717, 1.165) is 78.6 Å². The third kappa shape index (κ3) is 6.29. The van der Waals surface area contributed by atoms with Gasteiger partial charge in [-0.3, -0.25) is 9.88 Å². The van der Waals surface area contributed by atoms with Crippen LogP contribution < -0.4 is 9.80 Å². The first-order valence-electron chi connectivity index (χ1n) is 23.8. The van der Waals surface area contributed by atoms with E-state index in [-0.39, 0.29) is 10.8 Å². The number of aromatic nitrogens is 2. The number of rotatable bonds is 6. The topological polar surface area (TPSA) is 45.4 Å². The molecule has 0 N–H and O–H groups in total. The molecular weight excluding hydrogens is 829 g/mol. The van der Waals surface area contributed by atoms with Gasteiger partial charge < -0.3 is 9.32 Å². The van der Waals surface area contributed by atoms with E-state index in [1.165, 1.54) is 44.5 Å². The van der Waals surface area contributed by atoms with Gasteiger partial charge in [-0.1, -0.05) is 145 Å². The predicted molar refractivity (Wildman–Crippen MR) is 282 cm³/mol. The largest absolute Gasteiger partial charge is 0.455 e. The maximum Gasteiger partial charge on any atom is 0.145 e. The number of para-hydroxylation sites is 1. The van der Waals surface area contributed by atoms with Gasteiger partial charge in [-0.05, 0) is 147 Å². The average Bonchev–Trinajstić information content (AvgIpc) is 3.97. The number of hydrogen-bond acceptors (Lipinski definition) is 5. The highest BCUT2D eigenvalue weighted by molar-refractivity contribution is 6.19. The van der Waals surface area contributed by atoms with Crippen LogP contribution in [0.5, 0.6) is 0 Å². The lowest BCUT2D eigenvalue weighted by Crippen LogP contribution is -2.26. The molecule has 7 aromatic carbocycles. The molecule has 2 aliphatic rings. The number of furan rings is 1. The van der Waals surface area contributed by atoms with Gasteiger partial charge in [-0.25, -0.2) is 4.98 Å². The van der Waals surface area contributed by atoms with E-state index in [9.17, 15) is 0 Å². The second kappa shape index (κ2) is 15.1. The van der Waals surface area contributed by atoms with Crippen LogP contribution in [0.4, 0.5) is 34.3 Å². The van der Waals surface area contributed by atoms with E-state index in [4.69, 9.17) is 14.4 Å². The number of pyridine rings is 2. The molecule has 5 nitrogen and oxygen atoms in total. The fraction of sp³-hybridized carbons (Fsp3) is 0.175. The van der Waals surface area contributed by atoms with E-state index in [2.05, 4.69) is 228 Å². The van der Waals surface area contributed by atoms with Crippen molar-refractivity contribution in [3.8, 4) is 22.3 Å². The number of anilines is 6. The second-order valence-corrected chi connectivity index (χ2v) is 20.8. The molecule has 3 aromatic heterocycles. The zero-order chi connectivity index (χ0) is 46.7.